The van der Waals surface area contributed by atoms with E-state index >= 15 is 0 Å². The molecule has 0 radical (unpaired) electrons. The summed E-state index contributed by atoms with van der Waals surface area (Å²) in [5, 5.41) is 3.02. The summed E-state index contributed by atoms with van der Waals surface area (Å²) >= 11 is 0. The first-order valence-electron chi connectivity index (χ1n) is 7.13. The molecule has 1 aliphatic rings. The summed E-state index contributed by atoms with van der Waals surface area (Å²) in [6.07, 6.45) is 3.16. The van der Waals surface area contributed by atoms with Gasteiger partial charge in [-0.3, -0.25) is 4.79 Å². The van der Waals surface area contributed by atoms with Crippen molar-refractivity contribution in [3.63, 3.8) is 0 Å². The van der Waals surface area contributed by atoms with E-state index in [0.29, 0.717) is 18.3 Å². The number of carbonyl (C=O) groups excluding carboxylic acids is 1. The van der Waals surface area contributed by atoms with Gasteiger partial charge in [0.05, 0.1) is 0 Å². The lowest BCUT2D eigenvalue weighted by Gasteiger charge is -2.17. The van der Waals surface area contributed by atoms with Crippen LogP contribution in [-0.4, -0.2) is 38.0 Å². The highest BCUT2D eigenvalue weighted by molar-refractivity contribution is 5.77. The maximum atomic E-state index is 12.0. The molecule has 0 aromatic heterocycles. The quantitative estimate of drug-likeness (QED) is 0.815. The lowest BCUT2D eigenvalue weighted by molar-refractivity contribution is -0.121. The Morgan fingerprint density at radius 3 is 2.58 bits per heavy atom. The molecule has 0 aliphatic heterocycles. The fourth-order valence-electron chi connectivity index (χ4n) is 2.45. The number of amides is 1. The van der Waals surface area contributed by atoms with Crippen LogP contribution in [0.15, 0.2) is 30.3 Å². The van der Waals surface area contributed by atoms with Gasteiger partial charge in [-0.1, -0.05) is 30.3 Å². The molecule has 1 unspecified atom stereocenters. The van der Waals surface area contributed by atoms with Crippen molar-refractivity contribution in [2.45, 2.75) is 25.2 Å². The Morgan fingerprint density at radius 1 is 1.32 bits per heavy atom. The molecular formula is C16H24N2O. The molecule has 0 bridgehead atoms. The zero-order chi connectivity index (χ0) is 13.7. The highest BCUT2D eigenvalue weighted by atomic mass is 16.1. The van der Waals surface area contributed by atoms with Gasteiger partial charge in [-0.15, -0.1) is 0 Å². The van der Waals surface area contributed by atoms with Crippen LogP contribution in [-0.2, 0) is 4.79 Å². The van der Waals surface area contributed by atoms with Gasteiger partial charge in [0.2, 0.25) is 5.91 Å². The van der Waals surface area contributed by atoms with Crippen LogP contribution in [0.3, 0.4) is 0 Å². The topological polar surface area (TPSA) is 32.3 Å². The van der Waals surface area contributed by atoms with Gasteiger partial charge in [-0.2, -0.15) is 0 Å². The minimum atomic E-state index is 0.183. The molecule has 1 aromatic carbocycles. The number of rotatable bonds is 7. The molecule has 2 rings (SSSR count). The summed E-state index contributed by atoms with van der Waals surface area (Å²) in [5.41, 5.74) is 1.31. The molecule has 3 nitrogen and oxygen atoms in total. The maximum Gasteiger partial charge on any atom is 0.220 e. The Kier molecular flexibility index (Phi) is 4.97. The van der Waals surface area contributed by atoms with Gasteiger partial charge in [0.15, 0.2) is 0 Å². The first-order valence-corrected chi connectivity index (χ1v) is 7.13. The molecule has 1 amide bonds. The minimum absolute atomic E-state index is 0.183. The van der Waals surface area contributed by atoms with Gasteiger partial charge in [-0.05, 0) is 44.3 Å². The molecule has 1 atom stereocenters. The summed E-state index contributed by atoms with van der Waals surface area (Å²) in [5.74, 6) is 1.30. The van der Waals surface area contributed by atoms with E-state index in [1.54, 1.807) is 0 Å². The average Bonchev–Trinajstić information content (AvgIpc) is 3.21. The zero-order valence-electron chi connectivity index (χ0n) is 11.9. The maximum absolute atomic E-state index is 12.0. The highest BCUT2D eigenvalue weighted by Crippen LogP contribution is 2.44. The fourth-order valence-corrected chi connectivity index (χ4v) is 2.45. The van der Waals surface area contributed by atoms with Crippen LogP contribution in [0.4, 0.5) is 0 Å². The van der Waals surface area contributed by atoms with E-state index in [9.17, 15) is 4.79 Å². The SMILES string of the molecule is CN(C)CCNC(=O)CC(c1ccccc1)C1CC1. The van der Waals surface area contributed by atoms with Crippen LogP contribution >= 0.6 is 0 Å². The molecule has 1 aliphatic carbocycles. The monoisotopic (exact) mass is 260 g/mol. The molecule has 0 spiro atoms. The van der Waals surface area contributed by atoms with Crippen molar-refractivity contribution in [2.75, 3.05) is 27.2 Å². The summed E-state index contributed by atoms with van der Waals surface area (Å²) in [6, 6.07) is 10.5. The molecule has 1 saturated carbocycles. The normalized spacial score (nSPS) is 16.4. The lowest BCUT2D eigenvalue weighted by atomic mass is 9.91. The Balaban J connectivity index is 1.85. The van der Waals surface area contributed by atoms with E-state index in [4.69, 9.17) is 0 Å². The fraction of sp³-hybridized carbons (Fsp3) is 0.562. The van der Waals surface area contributed by atoms with Gasteiger partial charge >= 0.3 is 0 Å². The van der Waals surface area contributed by atoms with Crippen LogP contribution < -0.4 is 5.32 Å². The number of hydrogen-bond donors (Lipinski definition) is 1. The number of nitrogens with one attached hydrogen (secondary N) is 1. The van der Waals surface area contributed by atoms with E-state index in [0.717, 1.165) is 13.1 Å². The Bertz CT molecular complexity index is 398. The van der Waals surface area contributed by atoms with E-state index in [-0.39, 0.29) is 5.91 Å². The largest absolute Gasteiger partial charge is 0.355 e. The van der Waals surface area contributed by atoms with Crippen molar-refractivity contribution in [1.82, 2.24) is 10.2 Å². The predicted molar refractivity (Wildman–Crippen MR) is 78.1 cm³/mol. The van der Waals surface area contributed by atoms with Crippen LogP contribution in [0.2, 0.25) is 0 Å². The van der Waals surface area contributed by atoms with Crippen LogP contribution in [0, 0.1) is 5.92 Å². The molecule has 3 heteroatoms. The standard InChI is InChI=1S/C16H24N2O/c1-18(2)11-10-17-16(19)12-15(14-8-9-14)13-6-4-3-5-7-13/h3-7,14-15H,8-12H2,1-2H3,(H,17,19). The van der Waals surface area contributed by atoms with Crippen molar-refractivity contribution in [3.8, 4) is 0 Å². The second-order valence-electron chi connectivity index (χ2n) is 5.71. The molecule has 0 saturated heterocycles. The van der Waals surface area contributed by atoms with E-state index in [2.05, 4.69) is 34.5 Å². The lowest BCUT2D eigenvalue weighted by Crippen LogP contribution is -2.32. The Morgan fingerprint density at radius 2 is 2.00 bits per heavy atom. The molecular weight excluding hydrogens is 236 g/mol. The van der Waals surface area contributed by atoms with Crippen molar-refractivity contribution >= 4 is 5.91 Å². The van der Waals surface area contributed by atoms with Gasteiger partial charge in [0, 0.05) is 19.5 Å². The molecule has 0 heterocycles. The summed E-state index contributed by atoms with van der Waals surface area (Å²) in [6.45, 7) is 1.63. The van der Waals surface area contributed by atoms with Crippen LogP contribution in [0.1, 0.15) is 30.7 Å². The van der Waals surface area contributed by atoms with Gasteiger partial charge in [0.25, 0.3) is 0 Å². The van der Waals surface area contributed by atoms with Crippen LogP contribution in [0.5, 0.6) is 0 Å². The summed E-state index contributed by atoms with van der Waals surface area (Å²) < 4.78 is 0. The highest BCUT2D eigenvalue weighted by Gasteiger charge is 2.33. The summed E-state index contributed by atoms with van der Waals surface area (Å²) in [4.78, 5) is 14.1. The molecule has 1 fully saturated rings. The number of hydrogen-bond acceptors (Lipinski definition) is 2. The second kappa shape index (κ2) is 6.71. The first-order chi connectivity index (χ1) is 9.16. The van der Waals surface area contributed by atoms with Crippen molar-refractivity contribution in [3.05, 3.63) is 35.9 Å². The summed E-state index contributed by atoms with van der Waals surface area (Å²) in [7, 11) is 4.03. The number of nitrogens with zero attached hydrogens (tertiary/aromatic N) is 1. The van der Waals surface area contributed by atoms with Crippen molar-refractivity contribution in [2.24, 2.45) is 5.92 Å². The smallest absolute Gasteiger partial charge is 0.220 e. The Hall–Kier alpha value is -1.35. The number of likely N-dealkylation sites (N-methyl/N-ethyl adjacent to an activating group) is 1. The van der Waals surface area contributed by atoms with Gasteiger partial charge < -0.3 is 10.2 Å². The van der Waals surface area contributed by atoms with E-state index in [1.165, 1.54) is 18.4 Å². The third kappa shape index (κ3) is 4.67. The van der Waals surface area contributed by atoms with Gasteiger partial charge in [0.1, 0.15) is 0 Å². The second-order valence-corrected chi connectivity index (χ2v) is 5.71. The molecule has 1 aromatic rings. The Labute approximate surface area is 116 Å². The van der Waals surface area contributed by atoms with Crippen LogP contribution in [0.25, 0.3) is 0 Å². The third-order valence-electron chi connectivity index (χ3n) is 3.71. The van der Waals surface area contributed by atoms with E-state index in [1.807, 2.05) is 20.2 Å². The minimum Gasteiger partial charge on any atom is -0.355 e. The number of carbonyl (C=O) groups is 1. The molecule has 1 N–H and O–H groups in total. The number of benzene rings is 1. The van der Waals surface area contributed by atoms with Crippen molar-refractivity contribution < 1.29 is 4.79 Å². The van der Waals surface area contributed by atoms with Crippen molar-refractivity contribution in [1.29, 1.82) is 0 Å². The predicted octanol–water partition coefficient (Wildman–Crippen LogP) is 2.25. The van der Waals surface area contributed by atoms with E-state index < -0.39 is 0 Å². The first kappa shape index (κ1) is 14.1. The average molecular weight is 260 g/mol. The third-order valence-corrected chi connectivity index (χ3v) is 3.71. The molecule has 104 valence electrons. The zero-order valence-corrected chi connectivity index (χ0v) is 11.9. The van der Waals surface area contributed by atoms with Gasteiger partial charge in [-0.25, -0.2) is 0 Å². The molecule has 19 heavy (non-hydrogen) atoms.